The van der Waals surface area contributed by atoms with E-state index in [0.29, 0.717) is 6.10 Å². The molecule has 0 aromatic rings. The Morgan fingerprint density at radius 1 is 0.636 bits per heavy atom. The molecule has 1 heteroatoms. The Labute approximate surface area is 141 Å². The van der Waals surface area contributed by atoms with Crippen LogP contribution < -0.4 is 0 Å². The maximum Gasteiger partial charge on any atom is 0.0545 e. The Kier molecular flexibility index (Phi) is 17.3. The molecule has 0 amide bonds. The zero-order valence-corrected chi connectivity index (χ0v) is 16.2. The normalized spacial score (nSPS) is 14.2. The molecule has 0 heterocycles. The average Bonchev–Trinajstić information content (AvgIpc) is 2.51. The fourth-order valence-corrected chi connectivity index (χ4v) is 3.29. The lowest BCUT2D eigenvalue weighted by Crippen LogP contribution is -2.10. The summed E-state index contributed by atoms with van der Waals surface area (Å²) in [7, 11) is 1.82. The second-order valence-electron chi connectivity index (χ2n) is 7.42. The summed E-state index contributed by atoms with van der Waals surface area (Å²) in [6.45, 7) is 6.84. The van der Waals surface area contributed by atoms with Crippen LogP contribution >= 0.6 is 0 Å². The van der Waals surface area contributed by atoms with Crippen molar-refractivity contribution in [2.45, 2.75) is 123 Å². The molecule has 1 nitrogen and oxygen atoms in total. The minimum absolute atomic E-state index is 0.428. The van der Waals surface area contributed by atoms with Crippen LogP contribution in [0.2, 0.25) is 0 Å². The van der Waals surface area contributed by atoms with E-state index in [2.05, 4.69) is 20.8 Å². The van der Waals surface area contributed by atoms with Gasteiger partial charge in [-0.15, -0.1) is 0 Å². The van der Waals surface area contributed by atoms with Crippen molar-refractivity contribution in [1.29, 1.82) is 0 Å². The number of methoxy groups -OCH3 is 1. The van der Waals surface area contributed by atoms with Crippen molar-refractivity contribution < 1.29 is 4.74 Å². The molecule has 0 bridgehead atoms. The van der Waals surface area contributed by atoms with E-state index in [1.807, 2.05) is 7.11 Å². The molecule has 0 aromatic heterocycles. The molecule has 2 unspecified atom stereocenters. The van der Waals surface area contributed by atoms with E-state index < -0.39 is 0 Å². The highest BCUT2D eigenvalue weighted by atomic mass is 16.5. The molecule has 22 heavy (non-hydrogen) atoms. The molecular weight excluding hydrogens is 268 g/mol. The van der Waals surface area contributed by atoms with Crippen LogP contribution in [0, 0.1) is 5.92 Å². The Morgan fingerprint density at radius 3 is 1.45 bits per heavy atom. The molecule has 0 rings (SSSR count). The monoisotopic (exact) mass is 312 g/mol. The van der Waals surface area contributed by atoms with Crippen LogP contribution in [-0.4, -0.2) is 13.2 Å². The van der Waals surface area contributed by atoms with Gasteiger partial charge in [0.2, 0.25) is 0 Å². The predicted octanol–water partition coefficient (Wildman–Crippen LogP) is 7.53. The summed E-state index contributed by atoms with van der Waals surface area (Å²) in [5.74, 6) is 0.822. The van der Waals surface area contributed by atoms with Crippen LogP contribution in [0.4, 0.5) is 0 Å². The van der Waals surface area contributed by atoms with Gasteiger partial charge in [0.05, 0.1) is 6.10 Å². The number of ether oxygens (including phenoxy) is 1. The summed E-state index contributed by atoms with van der Waals surface area (Å²) >= 11 is 0. The van der Waals surface area contributed by atoms with Crippen LogP contribution in [0.15, 0.2) is 0 Å². The summed E-state index contributed by atoms with van der Waals surface area (Å²) < 4.78 is 5.34. The first kappa shape index (κ1) is 22.0. The lowest BCUT2D eigenvalue weighted by Gasteiger charge is -2.15. The highest BCUT2D eigenvalue weighted by Gasteiger charge is 2.07. The van der Waals surface area contributed by atoms with Gasteiger partial charge in [0.15, 0.2) is 0 Å². The summed E-state index contributed by atoms with van der Waals surface area (Å²) in [5.41, 5.74) is 0. The van der Waals surface area contributed by atoms with Gasteiger partial charge in [-0.3, -0.25) is 0 Å². The zero-order chi connectivity index (χ0) is 16.5. The number of hydrogen-bond acceptors (Lipinski definition) is 1. The van der Waals surface area contributed by atoms with E-state index in [4.69, 9.17) is 4.74 Å². The molecule has 0 spiro atoms. The van der Waals surface area contributed by atoms with Gasteiger partial charge in [-0.1, -0.05) is 104 Å². The van der Waals surface area contributed by atoms with Gasteiger partial charge in [0, 0.05) is 7.11 Å². The third-order valence-corrected chi connectivity index (χ3v) is 4.94. The van der Waals surface area contributed by atoms with E-state index in [9.17, 15) is 0 Å². The highest BCUT2D eigenvalue weighted by Crippen LogP contribution is 2.17. The molecule has 0 radical (unpaired) electrons. The zero-order valence-electron chi connectivity index (χ0n) is 16.2. The second-order valence-corrected chi connectivity index (χ2v) is 7.42. The highest BCUT2D eigenvalue weighted by molar-refractivity contribution is 4.59. The Morgan fingerprint density at radius 2 is 1.05 bits per heavy atom. The number of hydrogen-bond donors (Lipinski definition) is 0. The van der Waals surface area contributed by atoms with Crippen LogP contribution in [0.25, 0.3) is 0 Å². The second kappa shape index (κ2) is 17.3. The number of rotatable bonds is 17. The van der Waals surface area contributed by atoms with Crippen LogP contribution in [0.1, 0.15) is 117 Å². The molecule has 0 aliphatic heterocycles. The minimum atomic E-state index is 0.428. The molecular formula is C21H44O. The molecule has 0 saturated carbocycles. The fourth-order valence-electron chi connectivity index (χ4n) is 3.29. The first-order chi connectivity index (χ1) is 10.7. The summed E-state index contributed by atoms with van der Waals surface area (Å²) in [5, 5.41) is 0. The Bertz CT molecular complexity index is 202. The predicted molar refractivity (Wildman–Crippen MR) is 101 cm³/mol. The van der Waals surface area contributed by atoms with E-state index in [-0.39, 0.29) is 0 Å². The van der Waals surface area contributed by atoms with Crippen molar-refractivity contribution >= 4 is 0 Å². The lowest BCUT2D eigenvalue weighted by molar-refractivity contribution is 0.0957. The van der Waals surface area contributed by atoms with Crippen LogP contribution in [-0.2, 0) is 4.74 Å². The summed E-state index contributed by atoms with van der Waals surface area (Å²) in [4.78, 5) is 0. The third-order valence-electron chi connectivity index (χ3n) is 4.94. The van der Waals surface area contributed by atoms with Crippen molar-refractivity contribution in [1.82, 2.24) is 0 Å². The van der Waals surface area contributed by atoms with E-state index >= 15 is 0 Å². The average molecular weight is 313 g/mol. The molecule has 0 aromatic carbocycles. The topological polar surface area (TPSA) is 9.23 Å². The maximum absolute atomic E-state index is 5.34. The lowest BCUT2D eigenvalue weighted by atomic mass is 9.96. The molecule has 134 valence electrons. The van der Waals surface area contributed by atoms with Crippen molar-refractivity contribution in [3.8, 4) is 0 Å². The van der Waals surface area contributed by atoms with E-state index in [0.717, 1.165) is 5.92 Å². The molecule has 0 N–H and O–H groups in total. The quantitative estimate of drug-likeness (QED) is 0.252. The number of unbranched alkanes of at least 4 members (excludes halogenated alkanes) is 12. The van der Waals surface area contributed by atoms with Crippen molar-refractivity contribution in [3.05, 3.63) is 0 Å². The summed E-state index contributed by atoms with van der Waals surface area (Å²) in [6, 6.07) is 0. The van der Waals surface area contributed by atoms with Crippen molar-refractivity contribution in [2.24, 2.45) is 5.92 Å². The smallest absolute Gasteiger partial charge is 0.0545 e. The minimum Gasteiger partial charge on any atom is -0.382 e. The Hall–Kier alpha value is -0.0400. The standard InChI is InChI=1S/C21H44O/c1-5-6-7-8-9-10-11-12-13-14-15-16-17-18-20(2)19-21(3)22-4/h20-21H,5-19H2,1-4H3. The van der Waals surface area contributed by atoms with Gasteiger partial charge in [-0.25, -0.2) is 0 Å². The van der Waals surface area contributed by atoms with E-state index in [1.54, 1.807) is 0 Å². The SMILES string of the molecule is CCCCCCCCCCCCCCCC(C)CC(C)OC. The molecule has 0 aliphatic rings. The summed E-state index contributed by atoms with van der Waals surface area (Å²) in [6.07, 6.45) is 21.8. The van der Waals surface area contributed by atoms with Crippen molar-refractivity contribution in [3.63, 3.8) is 0 Å². The van der Waals surface area contributed by atoms with Gasteiger partial charge in [-0.05, 0) is 19.3 Å². The molecule has 0 fully saturated rings. The first-order valence-electron chi connectivity index (χ1n) is 10.2. The van der Waals surface area contributed by atoms with Gasteiger partial charge in [0.25, 0.3) is 0 Å². The van der Waals surface area contributed by atoms with Gasteiger partial charge in [0.1, 0.15) is 0 Å². The Balaban J connectivity index is 3.11. The maximum atomic E-state index is 5.34. The van der Waals surface area contributed by atoms with Crippen molar-refractivity contribution in [2.75, 3.05) is 7.11 Å². The van der Waals surface area contributed by atoms with Gasteiger partial charge in [-0.2, -0.15) is 0 Å². The largest absolute Gasteiger partial charge is 0.382 e. The molecule has 2 atom stereocenters. The fraction of sp³-hybridized carbons (Fsp3) is 1.00. The molecule has 0 aliphatic carbocycles. The van der Waals surface area contributed by atoms with Crippen LogP contribution in [0.5, 0.6) is 0 Å². The van der Waals surface area contributed by atoms with Gasteiger partial charge >= 0.3 is 0 Å². The third kappa shape index (κ3) is 16.3. The first-order valence-corrected chi connectivity index (χ1v) is 10.2. The van der Waals surface area contributed by atoms with E-state index in [1.165, 1.54) is 96.3 Å². The molecule has 0 saturated heterocycles. The van der Waals surface area contributed by atoms with Gasteiger partial charge < -0.3 is 4.74 Å². The van der Waals surface area contributed by atoms with Crippen LogP contribution in [0.3, 0.4) is 0 Å².